The van der Waals surface area contributed by atoms with E-state index >= 15 is 0 Å². The highest BCUT2D eigenvalue weighted by Gasteiger charge is 2.52. The first-order valence-electron chi connectivity index (χ1n) is 16.0. The van der Waals surface area contributed by atoms with Gasteiger partial charge in [-0.05, 0) is 71.7 Å². The first kappa shape index (κ1) is 35.2. The summed E-state index contributed by atoms with van der Waals surface area (Å²) in [5.74, 6) is 1.49. The standard InChI is InChI=1S/C38H56O4Si/c1-10-18-30(42-43(38(6,7)8,31-19-14-12-15-20-31)32-21-16-13-17-22-32)25-34-29(5)23-24-33(28(3)4)35(34)26-36(39)37(11-2)41-27-40-9/h10-17,19-23,28,30,33-37,39H,1-2,18,24-27H2,3-9H3/t30-,33-,34+,35-,36-,37-/m1/s1. The van der Waals surface area contributed by atoms with Crippen LogP contribution in [-0.2, 0) is 13.9 Å². The van der Waals surface area contributed by atoms with E-state index in [-0.39, 0.29) is 29.8 Å². The van der Waals surface area contributed by atoms with Crippen LogP contribution in [0.5, 0.6) is 0 Å². The van der Waals surface area contributed by atoms with Gasteiger partial charge in [-0.15, -0.1) is 13.2 Å². The van der Waals surface area contributed by atoms with Crippen molar-refractivity contribution in [2.24, 2.45) is 23.7 Å². The average molecular weight is 605 g/mol. The number of benzene rings is 2. The van der Waals surface area contributed by atoms with Crippen LogP contribution in [0.2, 0.25) is 5.04 Å². The molecule has 43 heavy (non-hydrogen) atoms. The average Bonchev–Trinajstić information content (AvgIpc) is 2.98. The molecule has 0 fully saturated rings. The van der Waals surface area contributed by atoms with Crippen LogP contribution < -0.4 is 10.4 Å². The molecule has 0 aromatic heterocycles. The molecule has 0 radical (unpaired) electrons. The van der Waals surface area contributed by atoms with Crippen LogP contribution in [0.3, 0.4) is 0 Å². The summed E-state index contributed by atoms with van der Waals surface area (Å²) in [6.07, 6.45) is 8.28. The Hall–Kier alpha value is -2.28. The van der Waals surface area contributed by atoms with Gasteiger partial charge in [0.2, 0.25) is 0 Å². The van der Waals surface area contributed by atoms with Gasteiger partial charge >= 0.3 is 0 Å². The quantitative estimate of drug-likeness (QED) is 0.121. The molecule has 236 valence electrons. The van der Waals surface area contributed by atoms with Gasteiger partial charge in [0.15, 0.2) is 0 Å². The summed E-state index contributed by atoms with van der Waals surface area (Å²) in [4.78, 5) is 0. The minimum Gasteiger partial charge on any atom is -0.404 e. The zero-order chi connectivity index (χ0) is 31.6. The summed E-state index contributed by atoms with van der Waals surface area (Å²) in [7, 11) is -1.16. The van der Waals surface area contributed by atoms with Gasteiger partial charge in [0.25, 0.3) is 8.32 Å². The molecule has 2 aromatic rings. The van der Waals surface area contributed by atoms with Gasteiger partial charge in [0.05, 0.1) is 6.10 Å². The molecule has 2 aromatic carbocycles. The summed E-state index contributed by atoms with van der Waals surface area (Å²) in [5, 5.41) is 13.9. The van der Waals surface area contributed by atoms with Gasteiger partial charge in [-0.2, -0.15) is 0 Å². The molecule has 0 aliphatic heterocycles. The number of hydrogen-bond acceptors (Lipinski definition) is 4. The molecule has 0 heterocycles. The molecule has 6 atom stereocenters. The third-order valence-corrected chi connectivity index (χ3v) is 14.5. The molecular weight excluding hydrogens is 549 g/mol. The number of methoxy groups -OCH3 is 1. The zero-order valence-electron chi connectivity index (χ0n) is 27.7. The van der Waals surface area contributed by atoms with Crippen molar-refractivity contribution >= 4 is 18.7 Å². The minimum atomic E-state index is -2.75. The van der Waals surface area contributed by atoms with E-state index in [1.54, 1.807) is 13.2 Å². The number of hydrogen-bond donors (Lipinski definition) is 1. The molecule has 0 bridgehead atoms. The van der Waals surface area contributed by atoms with Crippen LogP contribution in [0, 0.1) is 23.7 Å². The molecule has 0 spiro atoms. The van der Waals surface area contributed by atoms with E-state index in [2.05, 4.69) is 121 Å². The predicted molar refractivity (Wildman–Crippen MR) is 183 cm³/mol. The van der Waals surface area contributed by atoms with Gasteiger partial charge in [-0.3, -0.25) is 0 Å². The van der Waals surface area contributed by atoms with E-state index in [1.165, 1.54) is 15.9 Å². The third-order valence-electron chi connectivity index (χ3n) is 9.43. The minimum absolute atomic E-state index is 0.0253. The van der Waals surface area contributed by atoms with Gasteiger partial charge < -0.3 is 19.0 Å². The Bertz CT molecular complexity index is 1110. The van der Waals surface area contributed by atoms with Crippen molar-refractivity contribution in [3.63, 3.8) is 0 Å². The maximum absolute atomic E-state index is 11.4. The van der Waals surface area contributed by atoms with Crippen LogP contribution in [0.1, 0.15) is 67.2 Å². The highest BCUT2D eigenvalue weighted by Crippen LogP contribution is 2.46. The Morgan fingerprint density at radius 1 is 0.977 bits per heavy atom. The van der Waals surface area contributed by atoms with E-state index < -0.39 is 20.5 Å². The summed E-state index contributed by atoms with van der Waals surface area (Å²) in [6, 6.07) is 21.7. The highest BCUT2D eigenvalue weighted by atomic mass is 28.4. The van der Waals surface area contributed by atoms with Crippen LogP contribution in [-0.4, -0.2) is 45.6 Å². The first-order valence-corrected chi connectivity index (χ1v) is 17.9. The molecule has 0 saturated carbocycles. The second-order valence-corrected chi connectivity index (χ2v) is 17.9. The Kier molecular flexibility index (Phi) is 13.2. The number of aliphatic hydroxyl groups excluding tert-OH is 1. The normalized spacial score (nSPS) is 21.6. The lowest BCUT2D eigenvalue weighted by Gasteiger charge is -2.47. The molecule has 4 nitrogen and oxygen atoms in total. The highest BCUT2D eigenvalue weighted by molar-refractivity contribution is 6.99. The second kappa shape index (κ2) is 16.1. The van der Waals surface area contributed by atoms with Gasteiger partial charge in [0, 0.05) is 13.2 Å². The van der Waals surface area contributed by atoms with Gasteiger partial charge in [-0.1, -0.05) is 119 Å². The fourth-order valence-corrected chi connectivity index (χ4v) is 12.0. The van der Waals surface area contributed by atoms with Crippen LogP contribution in [0.4, 0.5) is 0 Å². The summed E-state index contributed by atoms with van der Waals surface area (Å²) >= 11 is 0. The summed E-state index contributed by atoms with van der Waals surface area (Å²) in [5.41, 5.74) is 1.39. The smallest absolute Gasteiger partial charge is 0.261 e. The fourth-order valence-electron chi connectivity index (χ4n) is 7.25. The van der Waals surface area contributed by atoms with Crippen molar-refractivity contribution in [3.05, 3.63) is 97.6 Å². The zero-order valence-corrected chi connectivity index (χ0v) is 28.7. The van der Waals surface area contributed by atoms with E-state index in [1.807, 2.05) is 6.08 Å². The topological polar surface area (TPSA) is 47.9 Å². The van der Waals surface area contributed by atoms with Crippen molar-refractivity contribution in [2.45, 2.75) is 90.6 Å². The largest absolute Gasteiger partial charge is 0.404 e. The van der Waals surface area contributed by atoms with E-state index in [4.69, 9.17) is 13.9 Å². The van der Waals surface area contributed by atoms with Crippen molar-refractivity contribution in [2.75, 3.05) is 13.9 Å². The van der Waals surface area contributed by atoms with Crippen molar-refractivity contribution in [1.29, 1.82) is 0 Å². The fraction of sp³-hybridized carbons (Fsp3) is 0.526. The Morgan fingerprint density at radius 3 is 2.02 bits per heavy atom. The molecule has 5 heteroatoms. The molecule has 1 N–H and O–H groups in total. The lowest BCUT2D eigenvalue weighted by Crippen LogP contribution is -2.67. The van der Waals surface area contributed by atoms with Gasteiger partial charge in [0.1, 0.15) is 12.9 Å². The maximum Gasteiger partial charge on any atom is 0.261 e. The SMILES string of the molecule is C=CC[C@H](C[C@H]1C(C)=CC[C@H](C(C)C)[C@H]1C[C@@H](O)[C@@H](C=C)OCOC)O[Si](c1ccccc1)(c1ccccc1)C(C)(C)C. The number of rotatable bonds is 16. The van der Waals surface area contributed by atoms with Crippen LogP contribution in [0.25, 0.3) is 0 Å². The van der Waals surface area contributed by atoms with Crippen molar-refractivity contribution in [3.8, 4) is 0 Å². The van der Waals surface area contributed by atoms with Crippen LogP contribution >= 0.6 is 0 Å². The van der Waals surface area contributed by atoms with E-state index in [0.717, 1.165) is 19.3 Å². The van der Waals surface area contributed by atoms with Crippen molar-refractivity contribution < 1.29 is 19.0 Å². The van der Waals surface area contributed by atoms with Gasteiger partial charge in [-0.25, -0.2) is 0 Å². The molecule has 1 aliphatic rings. The summed E-state index contributed by atoms with van der Waals surface area (Å²) in [6.45, 7) is 22.1. The maximum atomic E-state index is 11.4. The number of aliphatic hydroxyl groups is 1. The molecule has 0 amide bonds. The molecule has 0 saturated heterocycles. The summed E-state index contributed by atoms with van der Waals surface area (Å²) < 4.78 is 18.6. The predicted octanol–water partition coefficient (Wildman–Crippen LogP) is 7.68. The Morgan fingerprint density at radius 2 is 1.56 bits per heavy atom. The first-order chi connectivity index (χ1) is 20.5. The van der Waals surface area contributed by atoms with Crippen molar-refractivity contribution in [1.82, 2.24) is 0 Å². The van der Waals surface area contributed by atoms with Crippen LogP contribution in [0.15, 0.2) is 97.6 Å². The van der Waals surface area contributed by atoms with E-state index in [9.17, 15) is 5.11 Å². The van der Waals surface area contributed by atoms with E-state index in [0.29, 0.717) is 18.3 Å². The molecular formula is C38H56O4Si. The second-order valence-electron chi connectivity index (χ2n) is 13.6. The third kappa shape index (κ3) is 8.46. The number of allylic oxidation sites excluding steroid dienone is 2. The molecule has 3 rings (SSSR count). The molecule has 1 aliphatic carbocycles. The Balaban J connectivity index is 2.06. The Labute approximate surface area is 263 Å². The molecule has 0 unspecified atom stereocenters. The lowest BCUT2D eigenvalue weighted by atomic mass is 9.64. The monoisotopic (exact) mass is 604 g/mol. The number of ether oxygens (including phenoxy) is 2. The lowest BCUT2D eigenvalue weighted by molar-refractivity contribution is -0.101.